The number of hydrogen-bond donors (Lipinski definition) is 2. The number of rotatable bonds is 2. The van der Waals surface area contributed by atoms with Crippen LogP contribution in [0.5, 0.6) is 11.5 Å². The fourth-order valence-corrected chi connectivity index (χ4v) is 4.23. The molecule has 6 heteroatoms. The Kier molecular flexibility index (Phi) is 3.30. The van der Waals surface area contributed by atoms with Crippen LogP contribution in [0, 0.1) is 0 Å². The zero-order chi connectivity index (χ0) is 15.2. The Morgan fingerprint density at radius 3 is 2.62 bits per heavy atom. The first-order valence-electron chi connectivity index (χ1n) is 6.79. The van der Waals surface area contributed by atoms with Crippen molar-refractivity contribution in [2.75, 3.05) is 12.8 Å². The molecule has 0 radical (unpaired) electrons. The summed E-state index contributed by atoms with van der Waals surface area (Å²) in [6, 6.07) is 7.86. The van der Waals surface area contributed by atoms with Gasteiger partial charge in [0.2, 0.25) is 10.0 Å². The largest absolute Gasteiger partial charge is 0.508 e. The predicted molar refractivity (Wildman–Crippen MR) is 80.8 cm³/mol. The van der Waals surface area contributed by atoms with E-state index in [-0.39, 0.29) is 17.5 Å². The first kappa shape index (κ1) is 14.2. The van der Waals surface area contributed by atoms with Crippen molar-refractivity contribution in [1.82, 2.24) is 4.31 Å². The van der Waals surface area contributed by atoms with Crippen LogP contribution in [-0.2, 0) is 10.0 Å². The quantitative estimate of drug-likeness (QED) is 0.892. The third-order valence-corrected chi connectivity index (χ3v) is 5.28. The summed E-state index contributed by atoms with van der Waals surface area (Å²) in [6.07, 6.45) is 2.60. The smallest absolute Gasteiger partial charge is 0.211 e. The number of aromatic hydroxyl groups is 2. The van der Waals surface area contributed by atoms with Gasteiger partial charge in [-0.2, -0.15) is 4.31 Å². The summed E-state index contributed by atoms with van der Waals surface area (Å²) in [5.74, 6) is 0.159. The molecule has 1 unspecified atom stereocenters. The van der Waals surface area contributed by atoms with Crippen molar-refractivity contribution in [3.05, 3.63) is 35.9 Å². The second-order valence-corrected chi connectivity index (χ2v) is 7.37. The SMILES string of the molecule is CS(=O)(=O)N1CCCC1c1c(O)ccc2ccc(O)cc12. The molecule has 5 nitrogen and oxygen atoms in total. The van der Waals surface area contributed by atoms with Crippen molar-refractivity contribution in [2.24, 2.45) is 0 Å². The molecule has 0 spiro atoms. The number of nitrogens with zero attached hydrogens (tertiary/aromatic N) is 1. The van der Waals surface area contributed by atoms with E-state index in [2.05, 4.69) is 0 Å². The van der Waals surface area contributed by atoms with Crippen LogP contribution in [0.3, 0.4) is 0 Å². The average molecular weight is 307 g/mol. The van der Waals surface area contributed by atoms with Gasteiger partial charge in [0.1, 0.15) is 11.5 Å². The van der Waals surface area contributed by atoms with Crippen LogP contribution >= 0.6 is 0 Å². The van der Waals surface area contributed by atoms with Crippen molar-refractivity contribution >= 4 is 20.8 Å². The van der Waals surface area contributed by atoms with Crippen molar-refractivity contribution in [2.45, 2.75) is 18.9 Å². The number of phenols is 2. The van der Waals surface area contributed by atoms with Crippen molar-refractivity contribution in [3.63, 3.8) is 0 Å². The van der Waals surface area contributed by atoms with E-state index in [0.717, 1.165) is 11.8 Å². The van der Waals surface area contributed by atoms with Gasteiger partial charge in [-0.1, -0.05) is 12.1 Å². The molecule has 2 aromatic rings. The summed E-state index contributed by atoms with van der Waals surface area (Å²) < 4.78 is 25.3. The van der Waals surface area contributed by atoms with E-state index in [9.17, 15) is 18.6 Å². The third kappa shape index (κ3) is 2.45. The minimum Gasteiger partial charge on any atom is -0.508 e. The van der Waals surface area contributed by atoms with Crippen LogP contribution < -0.4 is 0 Å². The topological polar surface area (TPSA) is 77.8 Å². The van der Waals surface area contributed by atoms with Crippen LogP contribution in [-0.4, -0.2) is 35.7 Å². The highest BCUT2D eigenvalue weighted by molar-refractivity contribution is 7.88. The van der Waals surface area contributed by atoms with Crippen molar-refractivity contribution < 1.29 is 18.6 Å². The van der Waals surface area contributed by atoms with Crippen LogP contribution in [0.2, 0.25) is 0 Å². The first-order valence-corrected chi connectivity index (χ1v) is 8.64. The fraction of sp³-hybridized carbons (Fsp3) is 0.333. The van der Waals surface area contributed by atoms with E-state index >= 15 is 0 Å². The lowest BCUT2D eigenvalue weighted by atomic mass is 9.96. The van der Waals surface area contributed by atoms with Gasteiger partial charge >= 0.3 is 0 Å². The monoisotopic (exact) mass is 307 g/mol. The molecular formula is C15H17NO4S. The molecule has 0 saturated carbocycles. The molecular weight excluding hydrogens is 290 g/mol. The zero-order valence-corrected chi connectivity index (χ0v) is 12.5. The minimum absolute atomic E-state index is 0.0636. The van der Waals surface area contributed by atoms with E-state index in [1.54, 1.807) is 30.3 Å². The van der Waals surface area contributed by atoms with Gasteiger partial charge in [-0.25, -0.2) is 8.42 Å². The zero-order valence-electron chi connectivity index (χ0n) is 11.7. The maximum Gasteiger partial charge on any atom is 0.211 e. The molecule has 1 aliphatic rings. The molecule has 112 valence electrons. The highest BCUT2D eigenvalue weighted by Gasteiger charge is 2.35. The van der Waals surface area contributed by atoms with Crippen LogP contribution in [0.4, 0.5) is 0 Å². The van der Waals surface area contributed by atoms with Gasteiger partial charge in [0.05, 0.1) is 12.3 Å². The Hall–Kier alpha value is -1.79. The molecule has 0 amide bonds. The second-order valence-electron chi connectivity index (χ2n) is 5.44. The molecule has 3 rings (SSSR count). The van der Waals surface area contributed by atoms with Gasteiger partial charge in [-0.05, 0) is 41.8 Å². The Labute approximate surface area is 123 Å². The number of sulfonamides is 1. The number of fused-ring (bicyclic) bond motifs is 1. The molecule has 1 aliphatic heterocycles. The number of hydrogen-bond acceptors (Lipinski definition) is 4. The molecule has 21 heavy (non-hydrogen) atoms. The van der Waals surface area contributed by atoms with Crippen LogP contribution in [0.25, 0.3) is 10.8 Å². The van der Waals surface area contributed by atoms with E-state index < -0.39 is 10.0 Å². The van der Waals surface area contributed by atoms with Gasteiger partial charge in [0.15, 0.2) is 0 Å². The molecule has 1 saturated heterocycles. The standard InChI is InChI=1S/C15H17NO4S/c1-21(19,20)16-8-2-3-13(16)15-12-9-11(17)6-4-10(12)5-7-14(15)18/h4-7,9,13,17-18H,2-3,8H2,1H3. The molecule has 0 aliphatic carbocycles. The predicted octanol–water partition coefficient (Wildman–Crippen LogP) is 2.35. The minimum atomic E-state index is -3.34. The van der Waals surface area contributed by atoms with Crippen LogP contribution in [0.15, 0.2) is 30.3 Å². The Bertz CT molecular complexity index is 795. The van der Waals surface area contributed by atoms with Gasteiger partial charge in [0.25, 0.3) is 0 Å². The maximum absolute atomic E-state index is 11.9. The molecule has 1 atom stereocenters. The Morgan fingerprint density at radius 1 is 1.19 bits per heavy atom. The molecule has 0 bridgehead atoms. The van der Waals surface area contributed by atoms with Crippen molar-refractivity contribution in [3.8, 4) is 11.5 Å². The molecule has 0 aromatic heterocycles. The first-order chi connectivity index (χ1) is 9.88. The molecule has 1 heterocycles. The second kappa shape index (κ2) is 4.89. The molecule has 2 N–H and O–H groups in total. The number of phenolic OH excluding ortho intramolecular Hbond substituents is 2. The van der Waals surface area contributed by atoms with Gasteiger partial charge in [-0.3, -0.25) is 0 Å². The van der Waals surface area contributed by atoms with E-state index in [1.165, 1.54) is 10.6 Å². The Balaban J connectivity index is 2.24. The highest BCUT2D eigenvalue weighted by Crippen LogP contribution is 2.42. The van der Waals surface area contributed by atoms with Gasteiger partial charge in [0, 0.05) is 12.1 Å². The maximum atomic E-state index is 11.9. The lowest BCUT2D eigenvalue weighted by molar-refractivity contribution is 0.385. The van der Waals surface area contributed by atoms with E-state index in [1.807, 2.05) is 0 Å². The van der Waals surface area contributed by atoms with Gasteiger partial charge in [-0.15, -0.1) is 0 Å². The third-order valence-electron chi connectivity index (χ3n) is 3.99. The van der Waals surface area contributed by atoms with Crippen molar-refractivity contribution in [1.29, 1.82) is 0 Å². The number of benzene rings is 2. The highest BCUT2D eigenvalue weighted by atomic mass is 32.2. The molecule has 1 fully saturated rings. The normalized spacial score (nSPS) is 20.1. The summed E-state index contributed by atoms with van der Waals surface area (Å²) >= 11 is 0. The van der Waals surface area contributed by atoms with E-state index in [4.69, 9.17) is 0 Å². The summed E-state index contributed by atoms with van der Waals surface area (Å²) in [5.41, 5.74) is 0.575. The Morgan fingerprint density at radius 2 is 1.90 bits per heavy atom. The molecule has 2 aromatic carbocycles. The summed E-state index contributed by atoms with van der Waals surface area (Å²) in [4.78, 5) is 0. The van der Waals surface area contributed by atoms with Crippen LogP contribution in [0.1, 0.15) is 24.4 Å². The fourth-order valence-electron chi connectivity index (χ4n) is 3.10. The summed E-state index contributed by atoms with van der Waals surface area (Å²) in [6.45, 7) is 0.456. The van der Waals surface area contributed by atoms with Gasteiger partial charge < -0.3 is 10.2 Å². The average Bonchev–Trinajstić information content (AvgIpc) is 2.87. The van der Waals surface area contributed by atoms with E-state index in [0.29, 0.717) is 23.9 Å². The summed E-state index contributed by atoms with van der Waals surface area (Å²) in [7, 11) is -3.34. The summed E-state index contributed by atoms with van der Waals surface area (Å²) in [5, 5.41) is 21.5. The lowest BCUT2D eigenvalue weighted by Gasteiger charge is -2.24. The lowest BCUT2D eigenvalue weighted by Crippen LogP contribution is -2.29.